The minimum atomic E-state index is -0.325. The highest BCUT2D eigenvalue weighted by Crippen LogP contribution is 2.15. The SMILES string of the molecule is COc1cccc(C(=O)N(CCC[NH+]2CCOCC2)CC(=O)Nc2ccon2)c1. The number of hydrogen-bond acceptors (Lipinski definition) is 6. The van der Waals surface area contributed by atoms with E-state index in [4.69, 9.17) is 14.0 Å². The fourth-order valence-electron chi connectivity index (χ4n) is 3.25. The number of carbonyl (C=O) groups is 2. The van der Waals surface area contributed by atoms with Crippen LogP contribution in [0.15, 0.2) is 41.1 Å². The van der Waals surface area contributed by atoms with Gasteiger partial charge >= 0.3 is 0 Å². The first-order valence-corrected chi connectivity index (χ1v) is 9.70. The number of ether oxygens (including phenoxy) is 2. The Kier molecular flexibility index (Phi) is 7.60. The quantitative estimate of drug-likeness (QED) is 0.615. The topological polar surface area (TPSA) is 98.3 Å². The minimum Gasteiger partial charge on any atom is -0.497 e. The predicted octanol–water partition coefficient (Wildman–Crippen LogP) is 0.0693. The van der Waals surface area contributed by atoms with Gasteiger partial charge in [0, 0.05) is 24.6 Å². The largest absolute Gasteiger partial charge is 0.497 e. The number of morpholine rings is 1. The molecule has 2 amide bonds. The molecule has 2 aromatic rings. The first kappa shape index (κ1) is 20.8. The Bertz CT molecular complexity index is 790. The summed E-state index contributed by atoms with van der Waals surface area (Å²) in [4.78, 5) is 28.5. The summed E-state index contributed by atoms with van der Waals surface area (Å²) >= 11 is 0. The van der Waals surface area contributed by atoms with Crippen molar-refractivity contribution >= 4 is 17.6 Å². The summed E-state index contributed by atoms with van der Waals surface area (Å²) in [7, 11) is 1.55. The van der Waals surface area contributed by atoms with Crippen molar-refractivity contribution in [1.82, 2.24) is 10.1 Å². The van der Waals surface area contributed by atoms with Crippen LogP contribution in [0, 0.1) is 0 Å². The van der Waals surface area contributed by atoms with Crippen LogP contribution in [0.1, 0.15) is 16.8 Å². The van der Waals surface area contributed by atoms with Gasteiger partial charge < -0.3 is 29.1 Å². The number of rotatable bonds is 9. The third kappa shape index (κ3) is 6.30. The van der Waals surface area contributed by atoms with E-state index < -0.39 is 0 Å². The molecule has 29 heavy (non-hydrogen) atoms. The summed E-state index contributed by atoms with van der Waals surface area (Å²) in [6.45, 7) is 4.81. The molecule has 9 nitrogen and oxygen atoms in total. The van der Waals surface area contributed by atoms with Crippen molar-refractivity contribution in [3.8, 4) is 5.75 Å². The number of hydrogen-bond donors (Lipinski definition) is 2. The van der Waals surface area contributed by atoms with E-state index >= 15 is 0 Å². The molecule has 1 aromatic carbocycles. The molecular formula is C20H27N4O5+. The van der Waals surface area contributed by atoms with Crippen molar-refractivity contribution in [1.29, 1.82) is 0 Å². The second-order valence-corrected chi connectivity index (χ2v) is 6.86. The average Bonchev–Trinajstić information content (AvgIpc) is 3.26. The van der Waals surface area contributed by atoms with Gasteiger partial charge in [0.05, 0.1) is 26.9 Å². The molecule has 0 unspecified atom stereocenters. The number of aromatic nitrogens is 1. The normalized spacial score (nSPS) is 14.4. The van der Waals surface area contributed by atoms with Gasteiger partial charge in [-0.1, -0.05) is 11.2 Å². The van der Waals surface area contributed by atoms with Crippen LogP contribution in [-0.4, -0.2) is 74.9 Å². The summed E-state index contributed by atoms with van der Waals surface area (Å²) < 4.78 is 15.3. The van der Waals surface area contributed by atoms with Gasteiger partial charge in [-0.05, 0) is 18.2 Å². The molecule has 1 aliphatic rings. The summed E-state index contributed by atoms with van der Waals surface area (Å²) in [6, 6.07) is 8.49. The molecule has 2 heterocycles. The van der Waals surface area contributed by atoms with Crippen molar-refractivity contribution in [2.24, 2.45) is 0 Å². The molecular weight excluding hydrogens is 376 g/mol. The minimum absolute atomic E-state index is 0.0681. The molecule has 0 radical (unpaired) electrons. The second-order valence-electron chi connectivity index (χ2n) is 6.86. The Hall–Kier alpha value is -2.91. The van der Waals surface area contributed by atoms with E-state index in [-0.39, 0.29) is 18.4 Å². The zero-order chi connectivity index (χ0) is 20.5. The van der Waals surface area contributed by atoms with E-state index in [9.17, 15) is 9.59 Å². The molecule has 0 aliphatic carbocycles. The summed E-state index contributed by atoms with van der Waals surface area (Å²) in [5.74, 6) is 0.382. The number of benzene rings is 1. The molecule has 0 spiro atoms. The van der Waals surface area contributed by atoms with Gasteiger partial charge in [0.1, 0.15) is 31.6 Å². The molecule has 3 rings (SSSR count). The van der Waals surface area contributed by atoms with Crippen LogP contribution in [0.2, 0.25) is 0 Å². The molecule has 0 bridgehead atoms. The highest BCUT2D eigenvalue weighted by Gasteiger charge is 2.21. The fourth-order valence-corrected chi connectivity index (χ4v) is 3.25. The van der Waals surface area contributed by atoms with E-state index in [1.807, 2.05) is 0 Å². The van der Waals surface area contributed by atoms with Crippen molar-refractivity contribution in [3.05, 3.63) is 42.2 Å². The summed E-state index contributed by atoms with van der Waals surface area (Å²) in [5.41, 5.74) is 0.484. The zero-order valence-electron chi connectivity index (χ0n) is 16.6. The lowest BCUT2D eigenvalue weighted by Gasteiger charge is -2.26. The molecule has 0 saturated carbocycles. The molecule has 156 valence electrons. The van der Waals surface area contributed by atoms with E-state index in [0.717, 1.165) is 39.3 Å². The molecule has 1 saturated heterocycles. The lowest BCUT2D eigenvalue weighted by Crippen LogP contribution is -3.14. The average molecular weight is 403 g/mol. The van der Waals surface area contributed by atoms with Crippen LogP contribution in [0.4, 0.5) is 5.82 Å². The van der Waals surface area contributed by atoms with Gasteiger partial charge in [-0.15, -0.1) is 0 Å². The zero-order valence-corrected chi connectivity index (χ0v) is 16.6. The molecule has 2 N–H and O–H groups in total. The number of amides is 2. The predicted molar refractivity (Wildman–Crippen MR) is 105 cm³/mol. The van der Waals surface area contributed by atoms with Crippen molar-refractivity contribution in [3.63, 3.8) is 0 Å². The van der Waals surface area contributed by atoms with E-state index in [1.54, 1.807) is 42.3 Å². The summed E-state index contributed by atoms with van der Waals surface area (Å²) in [5, 5.41) is 6.31. The number of anilines is 1. The number of quaternary nitrogens is 1. The van der Waals surface area contributed by atoms with Crippen LogP contribution in [0.25, 0.3) is 0 Å². The van der Waals surface area contributed by atoms with Crippen LogP contribution in [0.3, 0.4) is 0 Å². The Morgan fingerprint density at radius 1 is 1.28 bits per heavy atom. The molecule has 1 aliphatic heterocycles. The van der Waals surface area contributed by atoms with Crippen molar-refractivity contribution < 1.29 is 28.5 Å². The van der Waals surface area contributed by atoms with Gasteiger partial charge in [0.15, 0.2) is 5.82 Å². The maximum atomic E-state index is 13.1. The Morgan fingerprint density at radius 3 is 2.83 bits per heavy atom. The highest BCUT2D eigenvalue weighted by molar-refractivity contribution is 5.99. The third-order valence-corrected chi connectivity index (χ3v) is 4.80. The van der Waals surface area contributed by atoms with Crippen LogP contribution in [0.5, 0.6) is 5.75 Å². The van der Waals surface area contributed by atoms with Gasteiger partial charge in [0.25, 0.3) is 5.91 Å². The first-order chi connectivity index (χ1) is 14.2. The molecule has 1 fully saturated rings. The van der Waals surface area contributed by atoms with Crippen LogP contribution in [-0.2, 0) is 9.53 Å². The van der Waals surface area contributed by atoms with E-state index in [1.165, 1.54) is 11.2 Å². The number of nitrogens with one attached hydrogen (secondary N) is 2. The third-order valence-electron chi connectivity index (χ3n) is 4.80. The number of nitrogens with zero attached hydrogens (tertiary/aromatic N) is 2. The number of carbonyl (C=O) groups excluding carboxylic acids is 2. The molecule has 1 aromatic heterocycles. The maximum Gasteiger partial charge on any atom is 0.254 e. The fraction of sp³-hybridized carbons (Fsp3) is 0.450. The lowest BCUT2D eigenvalue weighted by atomic mass is 10.1. The van der Waals surface area contributed by atoms with E-state index in [2.05, 4.69) is 10.5 Å². The van der Waals surface area contributed by atoms with Crippen molar-refractivity contribution in [2.45, 2.75) is 6.42 Å². The standard InChI is InChI=1S/C20H26N4O5/c1-27-17-5-2-4-16(14-17)20(26)24(8-3-7-23-9-12-28-13-10-23)15-19(25)21-18-6-11-29-22-18/h2,4-6,11,14H,3,7-10,12-13,15H2,1H3,(H,21,22,25)/p+1. The first-order valence-electron chi connectivity index (χ1n) is 9.70. The van der Waals surface area contributed by atoms with E-state index in [0.29, 0.717) is 23.7 Å². The Labute approximate surface area is 169 Å². The number of methoxy groups -OCH3 is 1. The smallest absolute Gasteiger partial charge is 0.254 e. The maximum absolute atomic E-state index is 13.1. The molecule has 0 atom stereocenters. The van der Waals surface area contributed by atoms with Gasteiger partial charge in [-0.3, -0.25) is 9.59 Å². The van der Waals surface area contributed by atoms with Gasteiger partial charge in [0.2, 0.25) is 5.91 Å². The van der Waals surface area contributed by atoms with Gasteiger partial charge in [-0.25, -0.2) is 0 Å². The second kappa shape index (κ2) is 10.6. The Morgan fingerprint density at radius 2 is 2.10 bits per heavy atom. The highest BCUT2D eigenvalue weighted by atomic mass is 16.5. The Balaban J connectivity index is 1.63. The van der Waals surface area contributed by atoms with Crippen LogP contribution < -0.4 is 15.0 Å². The lowest BCUT2D eigenvalue weighted by molar-refractivity contribution is -0.908. The van der Waals surface area contributed by atoms with Crippen LogP contribution >= 0.6 is 0 Å². The van der Waals surface area contributed by atoms with Crippen molar-refractivity contribution in [2.75, 3.05) is 58.4 Å². The van der Waals surface area contributed by atoms with Gasteiger partial charge in [-0.2, -0.15) is 0 Å². The molecule has 9 heteroatoms. The monoisotopic (exact) mass is 403 g/mol. The summed E-state index contributed by atoms with van der Waals surface area (Å²) in [6.07, 6.45) is 2.17.